The highest BCUT2D eigenvalue weighted by atomic mass is 15.1. The fourth-order valence-electron chi connectivity index (χ4n) is 2.74. The van der Waals surface area contributed by atoms with Crippen LogP contribution in [0.4, 0.5) is 11.6 Å². The topological polar surface area (TPSA) is 93.6 Å². The number of nitrogens with two attached hydrogens (primary N) is 2. The van der Waals surface area contributed by atoms with Gasteiger partial charge in [0.2, 0.25) is 0 Å². The summed E-state index contributed by atoms with van der Waals surface area (Å²) in [5, 5.41) is 7.89. The number of rotatable bonds is 2. The number of nitrogens with one attached hydrogen (secondary N) is 1. The molecule has 0 bridgehead atoms. The van der Waals surface area contributed by atoms with Crippen LogP contribution in [0.15, 0.2) is 30.5 Å². The monoisotopic (exact) mass is 265 g/mol. The quantitative estimate of drug-likeness (QED) is 0.664. The molecule has 5 N–H and O–H groups in total. The predicted molar refractivity (Wildman–Crippen MR) is 80.1 cm³/mol. The van der Waals surface area contributed by atoms with Gasteiger partial charge in [-0.2, -0.15) is 5.10 Å². The third kappa shape index (κ3) is 1.63. The average Bonchev–Trinajstić information content (AvgIpc) is 3.23. The Morgan fingerprint density at radius 2 is 1.95 bits per heavy atom. The van der Waals surface area contributed by atoms with E-state index in [1.54, 1.807) is 6.20 Å². The fourth-order valence-corrected chi connectivity index (χ4v) is 2.74. The molecule has 0 saturated heterocycles. The first-order valence-electron chi connectivity index (χ1n) is 6.72. The van der Waals surface area contributed by atoms with Gasteiger partial charge in [-0.05, 0) is 48.1 Å². The Kier molecular flexibility index (Phi) is 2.24. The van der Waals surface area contributed by atoms with Crippen molar-refractivity contribution in [2.45, 2.75) is 18.8 Å². The second-order valence-electron chi connectivity index (χ2n) is 5.30. The van der Waals surface area contributed by atoms with Crippen molar-refractivity contribution in [1.29, 1.82) is 0 Å². The van der Waals surface area contributed by atoms with Crippen LogP contribution in [0.3, 0.4) is 0 Å². The highest BCUT2D eigenvalue weighted by Gasteiger charge is 2.29. The summed E-state index contributed by atoms with van der Waals surface area (Å²) in [5.41, 5.74) is 16.3. The van der Waals surface area contributed by atoms with Gasteiger partial charge in [-0.3, -0.25) is 5.10 Å². The number of pyridine rings is 1. The van der Waals surface area contributed by atoms with Crippen LogP contribution in [0.25, 0.3) is 22.0 Å². The highest BCUT2D eigenvalue weighted by molar-refractivity contribution is 5.92. The summed E-state index contributed by atoms with van der Waals surface area (Å²) < 4.78 is 0. The predicted octanol–water partition coefficient (Wildman–Crippen LogP) is 2.67. The summed E-state index contributed by atoms with van der Waals surface area (Å²) >= 11 is 0. The van der Waals surface area contributed by atoms with Crippen molar-refractivity contribution < 1.29 is 0 Å². The van der Waals surface area contributed by atoms with Crippen LogP contribution < -0.4 is 11.5 Å². The second kappa shape index (κ2) is 3.96. The molecule has 5 heteroatoms. The summed E-state index contributed by atoms with van der Waals surface area (Å²) in [4.78, 5) is 4.23. The van der Waals surface area contributed by atoms with E-state index >= 15 is 0 Å². The molecular weight excluding hydrogens is 250 g/mol. The molecule has 0 amide bonds. The molecule has 1 aromatic carbocycles. The summed E-state index contributed by atoms with van der Waals surface area (Å²) in [6.07, 6.45) is 4.15. The first kappa shape index (κ1) is 11.3. The molecular formula is C15H15N5. The lowest BCUT2D eigenvalue weighted by Crippen LogP contribution is -1.98. The van der Waals surface area contributed by atoms with Crippen LogP contribution in [-0.4, -0.2) is 15.2 Å². The van der Waals surface area contributed by atoms with Crippen molar-refractivity contribution in [3.63, 3.8) is 0 Å². The number of fused-ring (bicyclic) bond motifs is 1. The number of hydrogen-bond donors (Lipinski definition) is 3. The molecule has 1 aliphatic carbocycles. The molecule has 0 spiro atoms. The van der Waals surface area contributed by atoms with Crippen LogP contribution in [0, 0.1) is 0 Å². The normalized spacial score (nSPS) is 14.8. The first-order chi connectivity index (χ1) is 9.74. The summed E-state index contributed by atoms with van der Waals surface area (Å²) in [6.45, 7) is 0. The van der Waals surface area contributed by atoms with E-state index in [0.29, 0.717) is 17.6 Å². The SMILES string of the molecule is Nc1nccc(-c2ccc3[nH]nc(N)c3c2)c1C1CC1. The molecule has 20 heavy (non-hydrogen) atoms. The first-order valence-corrected chi connectivity index (χ1v) is 6.72. The number of benzene rings is 1. The minimum atomic E-state index is 0.525. The average molecular weight is 265 g/mol. The van der Waals surface area contributed by atoms with Crippen molar-refractivity contribution in [1.82, 2.24) is 15.2 Å². The summed E-state index contributed by atoms with van der Waals surface area (Å²) in [5.74, 6) is 1.72. The van der Waals surface area contributed by atoms with E-state index in [1.165, 1.54) is 18.4 Å². The summed E-state index contributed by atoms with van der Waals surface area (Å²) in [7, 11) is 0. The fraction of sp³-hybridized carbons (Fsp3) is 0.200. The van der Waals surface area contributed by atoms with Crippen molar-refractivity contribution >= 4 is 22.5 Å². The number of aromatic amines is 1. The molecule has 0 atom stereocenters. The molecule has 100 valence electrons. The standard InChI is InChI=1S/C15H15N5/c16-14-11-7-9(3-4-12(11)19-20-14)10-5-6-18-15(17)13(10)8-1-2-8/h3-8H,1-2H2,(H2,17,18)(H3,16,19,20). The van der Waals surface area contributed by atoms with E-state index in [-0.39, 0.29) is 0 Å². The maximum absolute atomic E-state index is 6.07. The zero-order valence-electron chi connectivity index (χ0n) is 10.9. The highest BCUT2D eigenvalue weighted by Crippen LogP contribution is 2.46. The molecule has 2 aromatic heterocycles. The Bertz CT molecular complexity index is 801. The van der Waals surface area contributed by atoms with Gasteiger partial charge in [0, 0.05) is 17.1 Å². The number of H-pyrrole nitrogens is 1. The van der Waals surface area contributed by atoms with Gasteiger partial charge in [0.15, 0.2) is 5.82 Å². The van der Waals surface area contributed by atoms with Crippen LogP contribution >= 0.6 is 0 Å². The van der Waals surface area contributed by atoms with E-state index in [4.69, 9.17) is 11.5 Å². The van der Waals surface area contributed by atoms with Crippen LogP contribution in [-0.2, 0) is 0 Å². The zero-order chi connectivity index (χ0) is 13.7. The maximum Gasteiger partial charge on any atom is 0.153 e. The van der Waals surface area contributed by atoms with Crippen LogP contribution in [0.2, 0.25) is 0 Å². The molecule has 2 heterocycles. The Morgan fingerprint density at radius 3 is 2.75 bits per heavy atom. The molecule has 4 rings (SSSR count). The molecule has 5 nitrogen and oxygen atoms in total. The van der Waals surface area contributed by atoms with Crippen LogP contribution in [0.1, 0.15) is 24.3 Å². The third-order valence-electron chi connectivity index (χ3n) is 3.91. The van der Waals surface area contributed by atoms with E-state index in [0.717, 1.165) is 22.0 Å². The number of nitrogens with zero attached hydrogens (tertiary/aromatic N) is 2. The van der Waals surface area contributed by atoms with Gasteiger partial charge in [-0.25, -0.2) is 4.98 Å². The lowest BCUT2D eigenvalue weighted by Gasteiger charge is -2.11. The molecule has 0 radical (unpaired) electrons. The Labute approximate surface area is 116 Å². The van der Waals surface area contributed by atoms with E-state index in [1.807, 2.05) is 12.1 Å². The molecule has 0 aliphatic heterocycles. The minimum Gasteiger partial charge on any atom is -0.383 e. The van der Waals surface area contributed by atoms with E-state index in [2.05, 4.69) is 27.3 Å². The molecule has 1 fully saturated rings. The lowest BCUT2D eigenvalue weighted by molar-refractivity contribution is 1.11. The van der Waals surface area contributed by atoms with Crippen molar-refractivity contribution in [2.75, 3.05) is 11.5 Å². The van der Waals surface area contributed by atoms with Gasteiger partial charge in [0.05, 0.1) is 5.52 Å². The molecule has 0 unspecified atom stereocenters. The van der Waals surface area contributed by atoms with Gasteiger partial charge in [0.25, 0.3) is 0 Å². The Morgan fingerprint density at radius 1 is 1.10 bits per heavy atom. The van der Waals surface area contributed by atoms with Gasteiger partial charge in [-0.1, -0.05) is 6.07 Å². The lowest BCUT2D eigenvalue weighted by atomic mass is 9.97. The Balaban J connectivity index is 1.94. The van der Waals surface area contributed by atoms with Crippen molar-refractivity contribution in [2.24, 2.45) is 0 Å². The number of hydrogen-bond acceptors (Lipinski definition) is 4. The van der Waals surface area contributed by atoms with E-state index in [9.17, 15) is 0 Å². The molecule has 3 aromatic rings. The second-order valence-corrected chi connectivity index (χ2v) is 5.30. The van der Waals surface area contributed by atoms with E-state index < -0.39 is 0 Å². The van der Waals surface area contributed by atoms with Gasteiger partial charge < -0.3 is 11.5 Å². The number of nitrogen functional groups attached to an aromatic ring is 2. The maximum atomic E-state index is 6.07. The van der Waals surface area contributed by atoms with Gasteiger partial charge >= 0.3 is 0 Å². The molecule has 1 saturated carbocycles. The van der Waals surface area contributed by atoms with Crippen molar-refractivity contribution in [3.05, 3.63) is 36.0 Å². The summed E-state index contributed by atoms with van der Waals surface area (Å²) in [6, 6.07) is 8.16. The number of aromatic nitrogens is 3. The smallest absolute Gasteiger partial charge is 0.153 e. The van der Waals surface area contributed by atoms with Crippen molar-refractivity contribution in [3.8, 4) is 11.1 Å². The minimum absolute atomic E-state index is 0.525. The van der Waals surface area contributed by atoms with Crippen LogP contribution in [0.5, 0.6) is 0 Å². The Hall–Kier alpha value is -2.56. The largest absolute Gasteiger partial charge is 0.383 e. The third-order valence-corrected chi connectivity index (χ3v) is 3.91. The number of anilines is 2. The zero-order valence-corrected chi connectivity index (χ0v) is 10.9. The molecule has 1 aliphatic rings. The van der Waals surface area contributed by atoms with Gasteiger partial charge in [-0.15, -0.1) is 0 Å². The van der Waals surface area contributed by atoms with Gasteiger partial charge in [0.1, 0.15) is 5.82 Å².